The average Bonchev–Trinajstić information content (AvgIpc) is 2.96. The topological polar surface area (TPSA) is 72.2 Å². The maximum atomic E-state index is 12.0. The van der Waals surface area contributed by atoms with Gasteiger partial charge in [-0.1, -0.05) is 45.4 Å². The molecule has 3 rings (SSSR count). The number of hydrazone groups is 1. The number of halogens is 1. The lowest BCUT2D eigenvalue weighted by molar-refractivity contribution is -0.121. The van der Waals surface area contributed by atoms with Gasteiger partial charge in [0.25, 0.3) is 5.91 Å². The third-order valence-corrected chi connectivity index (χ3v) is 3.85. The first-order chi connectivity index (χ1) is 11.1. The fourth-order valence-electron chi connectivity index (χ4n) is 2.11. The zero-order valence-corrected chi connectivity index (χ0v) is 14.0. The number of aromatic nitrogens is 3. The molecule has 116 valence electrons. The zero-order chi connectivity index (χ0) is 16.2. The van der Waals surface area contributed by atoms with Crippen LogP contribution in [0.25, 0.3) is 11.0 Å². The van der Waals surface area contributed by atoms with Crippen LogP contribution in [0, 0.1) is 0 Å². The highest BCUT2D eigenvalue weighted by molar-refractivity contribution is 9.10. The summed E-state index contributed by atoms with van der Waals surface area (Å²) in [6, 6.07) is 15.2. The van der Waals surface area contributed by atoms with Crippen molar-refractivity contribution in [1.82, 2.24) is 20.4 Å². The molecule has 7 heteroatoms. The van der Waals surface area contributed by atoms with Crippen LogP contribution in [-0.4, -0.2) is 26.6 Å². The van der Waals surface area contributed by atoms with Gasteiger partial charge in [-0.25, -0.2) is 10.1 Å². The van der Waals surface area contributed by atoms with E-state index in [0.29, 0.717) is 0 Å². The smallest absolute Gasteiger partial charge is 0.261 e. The molecule has 0 saturated carbocycles. The highest BCUT2D eigenvalue weighted by Gasteiger charge is 2.08. The molecule has 0 aliphatic rings. The molecule has 0 aliphatic carbocycles. The second-order valence-electron chi connectivity index (χ2n) is 4.97. The molecule has 3 aromatic rings. The number of amides is 1. The Morgan fingerprint density at radius 3 is 2.74 bits per heavy atom. The van der Waals surface area contributed by atoms with Crippen LogP contribution in [-0.2, 0) is 11.3 Å². The van der Waals surface area contributed by atoms with Crippen LogP contribution in [0.1, 0.15) is 12.5 Å². The van der Waals surface area contributed by atoms with Crippen LogP contribution >= 0.6 is 15.9 Å². The Labute approximate surface area is 141 Å². The molecular formula is C16H14BrN5O. The average molecular weight is 372 g/mol. The number of hydrogen-bond donors (Lipinski definition) is 1. The molecule has 0 fully saturated rings. The normalized spacial score (nSPS) is 11.7. The van der Waals surface area contributed by atoms with E-state index in [2.05, 4.69) is 36.8 Å². The molecule has 0 unspecified atom stereocenters. The van der Waals surface area contributed by atoms with E-state index in [-0.39, 0.29) is 12.5 Å². The van der Waals surface area contributed by atoms with Gasteiger partial charge in [-0.15, -0.1) is 5.10 Å². The number of hydrogen-bond acceptors (Lipinski definition) is 4. The first-order valence-electron chi connectivity index (χ1n) is 7.01. The second-order valence-corrected chi connectivity index (χ2v) is 5.89. The lowest BCUT2D eigenvalue weighted by Gasteiger charge is -2.04. The third-order valence-electron chi connectivity index (χ3n) is 3.32. The predicted molar refractivity (Wildman–Crippen MR) is 92.0 cm³/mol. The van der Waals surface area contributed by atoms with Crippen molar-refractivity contribution < 1.29 is 4.79 Å². The Bertz CT molecular complexity index is 870. The van der Waals surface area contributed by atoms with Crippen LogP contribution in [0.15, 0.2) is 58.1 Å². The molecule has 0 radical (unpaired) electrons. The van der Waals surface area contributed by atoms with E-state index < -0.39 is 0 Å². The molecule has 1 amide bonds. The number of nitrogens with zero attached hydrogens (tertiary/aromatic N) is 4. The van der Waals surface area contributed by atoms with Gasteiger partial charge in [0.1, 0.15) is 12.1 Å². The van der Waals surface area contributed by atoms with Gasteiger partial charge >= 0.3 is 0 Å². The Balaban J connectivity index is 1.67. The van der Waals surface area contributed by atoms with Gasteiger partial charge in [-0.2, -0.15) is 5.10 Å². The maximum absolute atomic E-state index is 12.0. The molecule has 0 spiro atoms. The second kappa shape index (κ2) is 6.70. The number of rotatable bonds is 4. The third kappa shape index (κ3) is 3.62. The van der Waals surface area contributed by atoms with Crippen molar-refractivity contribution >= 4 is 38.6 Å². The number of carbonyl (C=O) groups is 1. The van der Waals surface area contributed by atoms with Gasteiger partial charge < -0.3 is 0 Å². The lowest BCUT2D eigenvalue weighted by Crippen LogP contribution is -2.24. The zero-order valence-electron chi connectivity index (χ0n) is 12.4. The van der Waals surface area contributed by atoms with Gasteiger partial charge in [-0.3, -0.25) is 4.79 Å². The SMILES string of the molecule is C/C(=N\NC(=O)Cn1nnc2ccccc21)c1ccc(Br)cc1. The molecule has 0 aliphatic heterocycles. The lowest BCUT2D eigenvalue weighted by atomic mass is 10.1. The van der Waals surface area contributed by atoms with Gasteiger partial charge in [0.05, 0.1) is 11.2 Å². The summed E-state index contributed by atoms with van der Waals surface area (Å²) in [6.07, 6.45) is 0. The molecule has 0 atom stereocenters. The van der Waals surface area contributed by atoms with Crippen molar-refractivity contribution in [2.75, 3.05) is 0 Å². The fraction of sp³-hybridized carbons (Fsp3) is 0.125. The van der Waals surface area contributed by atoms with Gasteiger partial charge in [0, 0.05) is 4.47 Å². The van der Waals surface area contributed by atoms with Crippen LogP contribution in [0.4, 0.5) is 0 Å². The fourth-order valence-corrected chi connectivity index (χ4v) is 2.37. The number of nitrogens with one attached hydrogen (secondary N) is 1. The van der Waals surface area contributed by atoms with E-state index in [4.69, 9.17) is 0 Å². The van der Waals surface area contributed by atoms with E-state index in [1.807, 2.05) is 55.5 Å². The minimum atomic E-state index is -0.253. The quantitative estimate of drug-likeness (QED) is 0.566. The largest absolute Gasteiger partial charge is 0.271 e. The van der Waals surface area contributed by atoms with E-state index in [9.17, 15) is 4.79 Å². The number of benzene rings is 2. The van der Waals surface area contributed by atoms with Crippen LogP contribution < -0.4 is 5.43 Å². The monoisotopic (exact) mass is 371 g/mol. The van der Waals surface area contributed by atoms with E-state index in [1.54, 1.807) is 4.68 Å². The van der Waals surface area contributed by atoms with Crippen LogP contribution in [0.5, 0.6) is 0 Å². The minimum Gasteiger partial charge on any atom is -0.271 e. The Morgan fingerprint density at radius 1 is 1.22 bits per heavy atom. The Morgan fingerprint density at radius 2 is 1.96 bits per heavy atom. The van der Waals surface area contributed by atoms with Crippen molar-refractivity contribution in [2.24, 2.45) is 5.10 Å². The highest BCUT2D eigenvalue weighted by atomic mass is 79.9. The van der Waals surface area contributed by atoms with E-state index in [0.717, 1.165) is 26.8 Å². The summed E-state index contributed by atoms with van der Waals surface area (Å²) in [5.74, 6) is -0.253. The van der Waals surface area contributed by atoms with Gasteiger partial charge in [0.15, 0.2) is 0 Å². The van der Waals surface area contributed by atoms with Crippen LogP contribution in [0.3, 0.4) is 0 Å². The summed E-state index contributed by atoms with van der Waals surface area (Å²) in [4.78, 5) is 12.0. The number of carbonyl (C=O) groups excluding carboxylic acids is 1. The summed E-state index contributed by atoms with van der Waals surface area (Å²) in [6.45, 7) is 1.91. The molecule has 2 aromatic carbocycles. The van der Waals surface area contributed by atoms with Gasteiger partial charge in [-0.05, 0) is 36.8 Å². The first-order valence-corrected chi connectivity index (χ1v) is 7.80. The van der Waals surface area contributed by atoms with Crippen molar-refractivity contribution in [3.63, 3.8) is 0 Å². The summed E-state index contributed by atoms with van der Waals surface area (Å²) in [7, 11) is 0. The summed E-state index contributed by atoms with van der Waals surface area (Å²) >= 11 is 3.38. The molecule has 6 nitrogen and oxygen atoms in total. The first kappa shape index (κ1) is 15.4. The molecular weight excluding hydrogens is 358 g/mol. The molecule has 1 heterocycles. The van der Waals surface area contributed by atoms with Crippen molar-refractivity contribution in [2.45, 2.75) is 13.5 Å². The molecule has 0 bridgehead atoms. The van der Waals surface area contributed by atoms with E-state index in [1.165, 1.54) is 0 Å². The van der Waals surface area contributed by atoms with Crippen molar-refractivity contribution in [3.05, 3.63) is 58.6 Å². The van der Waals surface area contributed by atoms with Crippen molar-refractivity contribution in [3.8, 4) is 0 Å². The highest BCUT2D eigenvalue weighted by Crippen LogP contribution is 2.11. The molecule has 1 N–H and O–H groups in total. The molecule has 1 aromatic heterocycles. The summed E-state index contributed by atoms with van der Waals surface area (Å²) in [5.41, 5.74) is 5.80. The standard InChI is InChI=1S/C16H14BrN5O/c1-11(12-6-8-13(17)9-7-12)18-20-16(23)10-22-15-5-3-2-4-14(15)19-21-22/h2-9H,10H2,1H3,(H,20,23)/b18-11+. The maximum Gasteiger partial charge on any atom is 0.261 e. The van der Waals surface area contributed by atoms with Gasteiger partial charge in [0.2, 0.25) is 0 Å². The minimum absolute atomic E-state index is 0.0671. The summed E-state index contributed by atoms with van der Waals surface area (Å²) in [5, 5.41) is 12.1. The molecule has 0 saturated heterocycles. The Hall–Kier alpha value is -2.54. The predicted octanol–water partition coefficient (Wildman–Crippen LogP) is 2.73. The Kier molecular flexibility index (Phi) is 4.47. The number of fused-ring (bicyclic) bond motifs is 1. The molecule has 23 heavy (non-hydrogen) atoms. The summed E-state index contributed by atoms with van der Waals surface area (Å²) < 4.78 is 2.55. The van der Waals surface area contributed by atoms with E-state index >= 15 is 0 Å². The number of para-hydroxylation sites is 1. The van der Waals surface area contributed by atoms with Crippen molar-refractivity contribution in [1.29, 1.82) is 0 Å². The van der Waals surface area contributed by atoms with Crippen LogP contribution in [0.2, 0.25) is 0 Å².